The summed E-state index contributed by atoms with van der Waals surface area (Å²) in [4.78, 5) is 0. The summed E-state index contributed by atoms with van der Waals surface area (Å²) in [7, 11) is 0. The van der Waals surface area contributed by atoms with Crippen molar-refractivity contribution in [2.24, 2.45) is 35.5 Å². The molecule has 0 bridgehead atoms. The molecule has 4 rings (SSSR count). The van der Waals surface area contributed by atoms with Crippen LogP contribution in [0.15, 0.2) is 0 Å². The van der Waals surface area contributed by atoms with Crippen molar-refractivity contribution in [1.29, 1.82) is 0 Å². The van der Waals surface area contributed by atoms with Crippen LogP contribution in [0.3, 0.4) is 0 Å². The van der Waals surface area contributed by atoms with E-state index in [-0.39, 0.29) is 0 Å². The van der Waals surface area contributed by atoms with Gasteiger partial charge in [-0.15, -0.1) is 0 Å². The van der Waals surface area contributed by atoms with Crippen molar-refractivity contribution in [3.05, 3.63) is 0 Å². The van der Waals surface area contributed by atoms with Crippen LogP contribution in [-0.4, -0.2) is 0 Å². The quantitative estimate of drug-likeness (QED) is 0.589. The zero-order chi connectivity index (χ0) is 9.12. The van der Waals surface area contributed by atoms with Gasteiger partial charge in [-0.2, -0.15) is 0 Å². The van der Waals surface area contributed by atoms with Crippen molar-refractivity contribution in [1.82, 2.24) is 0 Å². The van der Waals surface area contributed by atoms with Gasteiger partial charge in [0.2, 0.25) is 0 Å². The lowest BCUT2D eigenvalue weighted by molar-refractivity contribution is 0.176. The topological polar surface area (TPSA) is 0 Å². The van der Waals surface area contributed by atoms with Crippen molar-refractivity contribution in [3.8, 4) is 0 Å². The molecule has 4 fully saturated rings. The van der Waals surface area contributed by atoms with Crippen LogP contribution in [0.5, 0.6) is 0 Å². The first kappa shape index (κ1) is 8.19. The zero-order valence-electron chi connectivity index (χ0n) is 9.12. The third kappa shape index (κ3) is 0.955. The first-order valence-electron chi connectivity index (χ1n) is 6.95. The van der Waals surface area contributed by atoms with E-state index in [1.165, 1.54) is 35.5 Å². The predicted molar refractivity (Wildman–Crippen MR) is 57.9 cm³/mol. The summed E-state index contributed by atoms with van der Waals surface area (Å²) >= 11 is 0. The molecule has 0 nitrogen and oxygen atoms in total. The van der Waals surface area contributed by atoms with Crippen LogP contribution in [0, 0.1) is 35.5 Å². The number of rotatable bonds is 1. The smallest absolute Gasteiger partial charge is 0.0318 e. The average Bonchev–Trinajstić information content (AvgIpc) is 2.66. The highest BCUT2D eigenvalue weighted by molar-refractivity contribution is 5.11. The molecule has 0 aromatic heterocycles. The molecule has 5 atom stereocenters. The molecule has 0 aliphatic heterocycles. The van der Waals surface area contributed by atoms with Gasteiger partial charge in [-0.3, -0.25) is 0 Å². The Morgan fingerprint density at radius 1 is 0.500 bits per heavy atom. The SMILES string of the molecule is C1CCC(C2CCC3CCC4C3C24)C1. The molecule has 4 saturated carbocycles. The molecule has 0 N–H and O–H groups in total. The van der Waals surface area contributed by atoms with E-state index in [9.17, 15) is 0 Å². The summed E-state index contributed by atoms with van der Waals surface area (Å²) in [5.41, 5.74) is 0. The largest absolute Gasteiger partial charge is 0.0530 e. The summed E-state index contributed by atoms with van der Waals surface area (Å²) in [5, 5.41) is 0. The molecule has 14 heavy (non-hydrogen) atoms. The molecule has 4 aliphatic rings. The van der Waals surface area contributed by atoms with Gasteiger partial charge >= 0.3 is 0 Å². The number of hydrogen-bond acceptors (Lipinski definition) is 0. The van der Waals surface area contributed by atoms with E-state index >= 15 is 0 Å². The highest BCUT2D eigenvalue weighted by Crippen LogP contribution is 2.69. The maximum Gasteiger partial charge on any atom is -0.0318 e. The Hall–Kier alpha value is 0. The maximum absolute atomic E-state index is 1.62. The van der Waals surface area contributed by atoms with Gasteiger partial charge in [0, 0.05) is 0 Å². The minimum absolute atomic E-state index is 1.17. The Morgan fingerprint density at radius 2 is 1.21 bits per heavy atom. The molecule has 0 radical (unpaired) electrons. The molecule has 0 saturated heterocycles. The van der Waals surface area contributed by atoms with Crippen molar-refractivity contribution < 1.29 is 0 Å². The first-order chi connectivity index (χ1) is 6.95. The van der Waals surface area contributed by atoms with Crippen LogP contribution in [0.4, 0.5) is 0 Å². The molecule has 0 spiro atoms. The molecule has 4 aliphatic carbocycles. The standard InChI is InChI=1S/C14H22/c1-2-4-9(3-1)11-7-5-10-6-8-12-13(10)14(11)12/h9-14H,1-8H2. The lowest BCUT2D eigenvalue weighted by Crippen LogP contribution is -2.23. The van der Waals surface area contributed by atoms with E-state index in [4.69, 9.17) is 0 Å². The fourth-order valence-corrected chi connectivity index (χ4v) is 5.55. The van der Waals surface area contributed by atoms with Gasteiger partial charge in [0.15, 0.2) is 0 Å². The van der Waals surface area contributed by atoms with Gasteiger partial charge in [-0.05, 0) is 61.2 Å². The lowest BCUT2D eigenvalue weighted by atomic mass is 9.73. The van der Waals surface area contributed by atoms with Crippen LogP contribution >= 0.6 is 0 Å². The minimum atomic E-state index is 1.17. The molecule has 5 unspecified atom stereocenters. The van der Waals surface area contributed by atoms with Crippen LogP contribution in [-0.2, 0) is 0 Å². The summed E-state index contributed by atoms with van der Waals surface area (Å²) in [5.74, 6) is 7.28. The summed E-state index contributed by atoms with van der Waals surface area (Å²) in [6.45, 7) is 0. The second kappa shape index (κ2) is 2.77. The molecule has 78 valence electrons. The Kier molecular flexibility index (Phi) is 1.62. The van der Waals surface area contributed by atoms with Gasteiger partial charge in [-0.25, -0.2) is 0 Å². The maximum atomic E-state index is 1.62. The van der Waals surface area contributed by atoms with Gasteiger partial charge in [0.25, 0.3) is 0 Å². The minimum Gasteiger partial charge on any atom is -0.0530 e. The fourth-order valence-electron chi connectivity index (χ4n) is 5.55. The van der Waals surface area contributed by atoms with Crippen LogP contribution < -0.4 is 0 Å². The molecule has 0 aromatic carbocycles. The summed E-state index contributed by atoms with van der Waals surface area (Å²) in [6, 6.07) is 0. The number of hydrogen-bond donors (Lipinski definition) is 0. The predicted octanol–water partition coefficient (Wildman–Crippen LogP) is 3.86. The van der Waals surface area contributed by atoms with Crippen molar-refractivity contribution in [2.45, 2.75) is 51.4 Å². The molecule has 0 aromatic rings. The molecular weight excluding hydrogens is 168 g/mol. The second-order valence-electron chi connectivity index (χ2n) is 6.44. The van der Waals surface area contributed by atoms with Gasteiger partial charge in [-0.1, -0.05) is 25.7 Å². The Bertz CT molecular complexity index is 238. The summed E-state index contributed by atoms with van der Waals surface area (Å²) in [6.07, 6.45) is 12.7. The van der Waals surface area contributed by atoms with Gasteiger partial charge < -0.3 is 0 Å². The lowest BCUT2D eigenvalue weighted by Gasteiger charge is -2.32. The highest BCUT2D eigenvalue weighted by Gasteiger charge is 2.63. The van der Waals surface area contributed by atoms with E-state index in [0.717, 1.165) is 0 Å². The highest BCUT2D eigenvalue weighted by atomic mass is 14.7. The Balaban J connectivity index is 1.53. The van der Waals surface area contributed by atoms with Gasteiger partial charge in [0.1, 0.15) is 0 Å². The van der Waals surface area contributed by atoms with E-state index in [1.54, 1.807) is 51.4 Å². The van der Waals surface area contributed by atoms with Crippen LogP contribution in [0.1, 0.15) is 51.4 Å². The Morgan fingerprint density at radius 3 is 2.00 bits per heavy atom. The van der Waals surface area contributed by atoms with Crippen molar-refractivity contribution in [3.63, 3.8) is 0 Å². The van der Waals surface area contributed by atoms with Crippen LogP contribution in [0.25, 0.3) is 0 Å². The zero-order valence-corrected chi connectivity index (χ0v) is 9.12. The first-order valence-corrected chi connectivity index (χ1v) is 6.95. The Labute approximate surface area is 87.5 Å². The van der Waals surface area contributed by atoms with E-state index in [1.807, 2.05) is 0 Å². The third-order valence-electron chi connectivity index (χ3n) is 6.08. The van der Waals surface area contributed by atoms with E-state index in [0.29, 0.717) is 0 Å². The van der Waals surface area contributed by atoms with E-state index in [2.05, 4.69) is 0 Å². The average molecular weight is 190 g/mol. The van der Waals surface area contributed by atoms with Crippen LogP contribution in [0.2, 0.25) is 0 Å². The normalized spacial score (nSPS) is 56.1. The molecule has 0 heterocycles. The fraction of sp³-hybridized carbons (Fsp3) is 1.00. The second-order valence-corrected chi connectivity index (χ2v) is 6.44. The van der Waals surface area contributed by atoms with Crippen molar-refractivity contribution in [2.75, 3.05) is 0 Å². The van der Waals surface area contributed by atoms with E-state index < -0.39 is 0 Å². The summed E-state index contributed by atoms with van der Waals surface area (Å²) < 4.78 is 0. The molecule has 0 heteroatoms. The van der Waals surface area contributed by atoms with Crippen molar-refractivity contribution >= 4 is 0 Å². The third-order valence-corrected chi connectivity index (χ3v) is 6.08. The molecular formula is C14H22. The number of fused-ring (bicyclic) bond motifs is 1. The van der Waals surface area contributed by atoms with Gasteiger partial charge in [0.05, 0.1) is 0 Å². The molecule has 0 amide bonds. The monoisotopic (exact) mass is 190 g/mol.